The van der Waals surface area contributed by atoms with E-state index in [0.717, 1.165) is 14.6 Å². The highest BCUT2D eigenvalue weighted by Crippen LogP contribution is 2.25. The molecule has 13 heavy (non-hydrogen) atoms. The molecule has 0 radical (unpaired) electrons. The molecule has 0 spiro atoms. The van der Waals surface area contributed by atoms with Crippen LogP contribution in [0, 0.1) is 0 Å². The van der Waals surface area contributed by atoms with Crippen molar-refractivity contribution >= 4 is 43.5 Å². The molecule has 0 aromatic heterocycles. The minimum Gasteiger partial charge on any atom is -0.480 e. The summed E-state index contributed by atoms with van der Waals surface area (Å²) in [5.41, 5.74) is 0.769. The van der Waals surface area contributed by atoms with Gasteiger partial charge in [0, 0.05) is 14.6 Å². The smallest absolute Gasteiger partial charge is 0.322 e. The summed E-state index contributed by atoms with van der Waals surface area (Å²) in [6.45, 7) is -0.0831. The molecule has 0 heterocycles. The number of rotatable bonds is 3. The van der Waals surface area contributed by atoms with Gasteiger partial charge in [-0.3, -0.25) is 4.79 Å². The first-order valence-corrected chi connectivity index (χ1v) is 5.09. The fourth-order valence-electron chi connectivity index (χ4n) is 0.804. The maximum Gasteiger partial charge on any atom is 0.322 e. The average Bonchev–Trinajstić information content (AvgIpc) is 2.02. The van der Waals surface area contributed by atoms with E-state index in [4.69, 9.17) is 5.11 Å². The van der Waals surface area contributed by atoms with Crippen molar-refractivity contribution in [3.8, 4) is 0 Å². The summed E-state index contributed by atoms with van der Waals surface area (Å²) in [6.07, 6.45) is 0. The van der Waals surface area contributed by atoms with E-state index in [9.17, 15) is 4.79 Å². The van der Waals surface area contributed by atoms with Crippen LogP contribution in [-0.2, 0) is 4.79 Å². The highest BCUT2D eigenvalue weighted by Gasteiger charge is 2.01. The summed E-state index contributed by atoms with van der Waals surface area (Å²) < 4.78 is 1.78. The van der Waals surface area contributed by atoms with Crippen molar-refractivity contribution in [1.29, 1.82) is 0 Å². The second-order valence-corrected chi connectivity index (χ2v) is 4.14. The van der Waals surface area contributed by atoms with Gasteiger partial charge in [-0.2, -0.15) is 0 Å². The van der Waals surface area contributed by atoms with Crippen molar-refractivity contribution in [3.05, 3.63) is 27.1 Å². The maximum absolute atomic E-state index is 10.3. The normalized spacial score (nSPS) is 9.69. The van der Waals surface area contributed by atoms with Crippen LogP contribution in [0.25, 0.3) is 0 Å². The number of anilines is 1. The van der Waals surface area contributed by atoms with Gasteiger partial charge in [0.15, 0.2) is 0 Å². The van der Waals surface area contributed by atoms with E-state index >= 15 is 0 Å². The maximum atomic E-state index is 10.3. The van der Waals surface area contributed by atoms with Crippen LogP contribution in [0.4, 0.5) is 5.69 Å². The van der Waals surface area contributed by atoms with Gasteiger partial charge in [-0.25, -0.2) is 0 Å². The third-order valence-corrected chi connectivity index (χ3v) is 2.51. The molecule has 0 aliphatic rings. The number of halogens is 2. The highest BCUT2D eigenvalue weighted by molar-refractivity contribution is 9.11. The lowest BCUT2D eigenvalue weighted by molar-refractivity contribution is -0.134. The van der Waals surface area contributed by atoms with Crippen LogP contribution in [0.5, 0.6) is 0 Å². The van der Waals surface area contributed by atoms with Gasteiger partial charge in [0.2, 0.25) is 0 Å². The van der Waals surface area contributed by atoms with Gasteiger partial charge in [0.25, 0.3) is 0 Å². The standard InChI is InChI=1S/C8H7Br2NO2/c9-5-1-2-7(6(10)3-5)11-4-8(12)13/h1-3,11H,4H2,(H,12,13). The lowest BCUT2D eigenvalue weighted by Crippen LogP contribution is -2.12. The van der Waals surface area contributed by atoms with Crippen molar-refractivity contribution in [1.82, 2.24) is 0 Å². The Kier molecular flexibility index (Phi) is 3.74. The third kappa shape index (κ3) is 3.36. The molecular formula is C8H7Br2NO2. The first-order chi connectivity index (χ1) is 6.09. The minimum atomic E-state index is -0.880. The van der Waals surface area contributed by atoms with E-state index in [1.54, 1.807) is 6.07 Å². The van der Waals surface area contributed by atoms with E-state index in [-0.39, 0.29) is 6.54 Å². The van der Waals surface area contributed by atoms with E-state index < -0.39 is 5.97 Å². The summed E-state index contributed by atoms with van der Waals surface area (Å²) in [5.74, 6) is -0.880. The topological polar surface area (TPSA) is 49.3 Å². The number of carbonyl (C=O) groups is 1. The average molecular weight is 309 g/mol. The van der Waals surface area contributed by atoms with Gasteiger partial charge in [0.1, 0.15) is 6.54 Å². The zero-order valence-corrected chi connectivity index (χ0v) is 9.72. The third-order valence-electron chi connectivity index (χ3n) is 1.36. The molecule has 2 N–H and O–H groups in total. The van der Waals surface area contributed by atoms with E-state index in [0.29, 0.717) is 0 Å². The van der Waals surface area contributed by atoms with Crippen LogP contribution < -0.4 is 5.32 Å². The Morgan fingerprint density at radius 3 is 2.69 bits per heavy atom. The molecule has 0 unspecified atom stereocenters. The van der Waals surface area contributed by atoms with Crippen LogP contribution >= 0.6 is 31.9 Å². The SMILES string of the molecule is O=C(O)CNc1ccc(Br)cc1Br. The zero-order valence-electron chi connectivity index (χ0n) is 6.55. The predicted octanol–water partition coefficient (Wildman–Crippen LogP) is 2.71. The molecule has 0 saturated carbocycles. The number of nitrogens with one attached hydrogen (secondary N) is 1. The van der Waals surface area contributed by atoms with Gasteiger partial charge in [0.05, 0.1) is 0 Å². The van der Waals surface area contributed by atoms with Crippen LogP contribution in [-0.4, -0.2) is 17.6 Å². The molecule has 0 atom stereocenters. The summed E-state index contributed by atoms with van der Waals surface area (Å²) >= 11 is 6.61. The van der Waals surface area contributed by atoms with Crippen molar-refractivity contribution in [2.45, 2.75) is 0 Å². The van der Waals surface area contributed by atoms with Gasteiger partial charge >= 0.3 is 5.97 Å². The molecule has 1 aromatic carbocycles. The van der Waals surface area contributed by atoms with Gasteiger partial charge in [-0.1, -0.05) is 15.9 Å². The van der Waals surface area contributed by atoms with Crippen molar-refractivity contribution in [2.75, 3.05) is 11.9 Å². The first kappa shape index (κ1) is 10.5. The number of aliphatic carboxylic acids is 1. The molecule has 3 nitrogen and oxygen atoms in total. The Morgan fingerprint density at radius 1 is 1.46 bits per heavy atom. The van der Waals surface area contributed by atoms with Crippen LogP contribution in [0.2, 0.25) is 0 Å². The number of hydrogen-bond acceptors (Lipinski definition) is 2. The second-order valence-electron chi connectivity index (χ2n) is 2.37. The molecule has 1 rings (SSSR count). The molecule has 0 fully saturated rings. The van der Waals surface area contributed by atoms with Crippen LogP contribution in [0.1, 0.15) is 0 Å². The van der Waals surface area contributed by atoms with Gasteiger partial charge < -0.3 is 10.4 Å². The van der Waals surface area contributed by atoms with Gasteiger partial charge in [-0.15, -0.1) is 0 Å². The fourth-order valence-corrected chi connectivity index (χ4v) is 1.99. The number of benzene rings is 1. The van der Waals surface area contributed by atoms with Crippen molar-refractivity contribution in [2.24, 2.45) is 0 Å². The molecule has 70 valence electrons. The molecule has 1 aromatic rings. The van der Waals surface area contributed by atoms with E-state index in [2.05, 4.69) is 37.2 Å². The fraction of sp³-hybridized carbons (Fsp3) is 0.125. The molecule has 0 bridgehead atoms. The molecule has 0 amide bonds. The van der Waals surface area contributed by atoms with Crippen LogP contribution in [0.15, 0.2) is 27.1 Å². The summed E-state index contributed by atoms with van der Waals surface area (Å²) in [6, 6.07) is 5.50. The Morgan fingerprint density at radius 2 is 2.15 bits per heavy atom. The lowest BCUT2D eigenvalue weighted by atomic mass is 10.3. The highest BCUT2D eigenvalue weighted by atomic mass is 79.9. The van der Waals surface area contributed by atoms with E-state index in [1.807, 2.05) is 12.1 Å². The second kappa shape index (κ2) is 4.62. The predicted molar refractivity (Wildman–Crippen MR) is 58.0 cm³/mol. The summed E-state index contributed by atoms with van der Waals surface area (Å²) in [7, 11) is 0. The zero-order chi connectivity index (χ0) is 9.84. The molecule has 0 aliphatic heterocycles. The Hall–Kier alpha value is -0.550. The largest absolute Gasteiger partial charge is 0.480 e. The summed E-state index contributed by atoms with van der Waals surface area (Å²) in [5, 5.41) is 11.2. The van der Waals surface area contributed by atoms with Gasteiger partial charge in [-0.05, 0) is 34.1 Å². The molecule has 0 aliphatic carbocycles. The van der Waals surface area contributed by atoms with E-state index in [1.165, 1.54) is 0 Å². The summed E-state index contributed by atoms with van der Waals surface area (Å²) in [4.78, 5) is 10.3. The minimum absolute atomic E-state index is 0.0831. The lowest BCUT2D eigenvalue weighted by Gasteiger charge is -2.05. The molecule has 0 saturated heterocycles. The van der Waals surface area contributed by atoms with Crippen molar-refractivity contribution in [3.63, 3.8) is 0 Å². The number of carboxylic acids is 1. The molecular weight excluding hydrogens is 302 g/mol. The first-order valence-electron chi connectivity index (χ1n) is 3.50. The van der Waals surface area contributed by atoms with Crippen molar-refractivity contribution < 1.29 is 9.90 Å². The Bertz CT molecular complexity index is 328. The monoisotopic (exact) mass is 307 g/mol. The molecule has 5 heteroatoms. The quantitative estimate of drug-likeness (QED) is 0.902. The Labute approximate surface area is 92.4 Å². The van der Waals surface area contributed by atoms with Crippen LogP contribution in [0.3, 0.4) is 0 Å². The Balaban J connectivity index is 2.72. The number of carboxylic acid groups (broad SMARTS) is 1. The number of hydrogen-bond donors (Lipinski definition) is 2.